The van der Waals surface area contributed by atoms with E-state index in [0.29, 0.717) is 11.8 Å². The van der Waals surface area contributed by atoms with Crippen molar-refractivity contribution in [3.63, 3.8) is 0 Å². The molecule has 0 amide bonds. The van der Waals surface area contributed by atoms with E-state index in [1.807, 2.05) is 42.6 Å². The largest absolute Gasteiger partial charge is 0.471 e. The number of benzene rings is 2. The Morgan fingerprint density at radius 2 is 1.77 bits per heavy atom. The summed E-state index contributed by atoms with van der Waals surface area (Å²) in [5, 5.41) is 11.1. The van der Waals surface area contributed by atoms with Gasteiger partial charge in [-0.05, 0) is 60.6 Å². The zero-order valence-electron chi connectivity index (χ0n) is 14.3. The first-order chi connectivity index (χ1) is 12.6. The third-order valence-electron chi connectivity index (χ3n) is 3.69. The molecule has 0 aliphatic rings. The lowest BCUT2D eigenvalue weighted by atomic mass is 10.1. The molecular formula is C19H19BrN4OS. The summed E-state index contributed by atoms with van der Waals surface area (Å²) in [6.07, 6.45) is 4.57. The van der Waals surface area contributed by atoms with E-state index < -0.39 is 0 Å². The first-order valence-corrected chi connectivity index (χ1v) is 9.40. The molecule has 134 valence electrons. The number of anilines is 2. The van der Waals surface area contributed by atoms with Gasteiger partial charge in [0.25, 0.3) is 0 Å². The normalized spacial score (nSPS) is 10.4. The van der Waals surface area contributed by atoms with Gasteiger partial charge in [0.1, 0.15) is 5.75 Å². The van der Waals surface area contributed by atoms with Crippen molar-refractivity contribution in [2.45, 2.75) is 20.1 Å². The molecule has 5 nitrogen and oxygen atoms in total. The van der Waals surface area contributed by atoms with E-state index in [1.165, 1.54) is 5.56 Å². The number of nitrogens with one attached hydrogen (secondary N) is 2. The highest BCUT2D eigenvalue weighted by atomic mass is 79.9. The number of halogens is 1. The van der Waals surface area contributed by atoms with Gasteiger partial charge in [0, 0.05) is 10.2 Å². The van der Waals surface area contributed by atoms with Gasteiger partial charge in [0.2, 0.25) is 0 Å². The molecule has 2 aromatic carbocycles. The molecule has 0 radical (unpaired) electrons. The Hall–Kier alpha value is -2.38. The van der Waals surface area contributed by atoms with Crippen LogP contribution in [0.5, 0.6) is 5.75 Å². The van der Waals surface area contributed by atoms with Crippen molar-refractivity contribution in [1.82, 2.24) is 9.78 Å². The molecule has 0 saturated carbocycles. The second-order valence-corrected chi connectivity index (χ2v) is 6.95. The van der Waals surface area contributed by atoms with Gasteiger partial charge in [-0.1, -0.05) is 35.0 Å². The van der Waals surface area contributed by atoms with Gasteiger partial charge in [-0.2, -0.15) is 5.10 Å². The molecule has 0 unspecified atom stereocenters. The molecular weight excluding hydrogens is 412 g/mol. The van der Waals surface area contributed by atoms with Crippen LogP contribution in [0.15, 0.2) is 65.4 Å². The van der Waals surface area contributed by atoms with Gasteiger partial charge >= 0.3 is 0 Å². The number of nitrogens with zero attached hydrogens (tertiary/aromatic N) is 2. The summed E-state index contributed by atoms with van der Waals surface area (Å²) in [5.74, 6) is 0.783. The third kappa shape index (κ3) is 5.31. The molecule has 0 fully saturated rings. The van der Waals surface area contributed by atoms with Crippen molar-refractivity contribution < 1.29 is 4.74 Å². The molecule has 0 atom stereocenters. The highest BCUT2D eigenvalue weighted by Crippen LogP contribution is 2.17. The Kier molecular flexibility index (Phi) is 6.25. The van der Waals surface area contributed by atoms with Crippen LogP contribution >= 0.6 is 28.1 Å². The summed E-state index contributed by atoms with van der Waals surface area (Å²) in [6, 6.07) is 15.9. The molecule has 0 saturated heterocycles. The zero-order chi connectivity index (χ0) is 18.4. The summed E-state index contributed by atoms with van der Waals surface area (Å²) in [7, 11) is 0. The number of ether oxygens (including phenoxy) is 1. The Labute approximate surface area is 166 Å². The highest BCUT2D eigenvalue weighted by molar-refractivity contribution is 9.10. The molecule has 3 rings (SSSR count). The number of thiocarbonyl (C=S) groups is 1. The van der Waals surface area contributed by atoms with Crippen LogP contribution in [0.3, 0.4) is 0 Å². The van der Waals surface area contributed by atoms with E-state index in [9.17, 15) is 0 Å². The standard InChI is InChI=1S/C19H19BrN4OS/c1-2-14-3-7-16(8-4-14)22-19(26)23-17-11-21-24(12-17)13-25-18-9-5-15(20)6-10-18/h3-12H,2,13H2,1H3,(H2,22,23,26). The van der Waals surface area contributed by atoms with E-state index in [1.54, 1.807) is 10.9 Å². The maximum Gasteiger partial charge on any atom is 0.180 e. The first-order valence-electron chi connectivity index (χ1n) is 8.20. The average molecular weight is 431 g/mol. The van der Waals surface area contributed by atoms with Crippen LogP contribution in [-0.2, 0) is 13.2 Å². The van der Waals surface area contributed by atoms with Crippen molar-refractivity contribution in [2.75, 3.05) is 10.6 Å². The van der Waals surface area contributed by atoms with Crippen LogP contribution in [0.2, 0.25) is 0 Å². The molecule has 2 N–H and O–H groups in total. The predicted molar refractivity (Wildman–Crippen MR) is 113 cm³/mol. The number of rotatable bonds is 6. The van der Waals surface area contributed by atoms with E-state index in [2.05, 4.69) is 50.7 Å². The number of hydrogen-bond acceptors (Lipinski definition) is 3. The lowest BCUT2D eigenvalue weighted by Crippen LogP contribution is -2.18. The Bertz CT molecular complexity index is 862. The minimum absolute atomic E-state index is 0.321. The second kappa shape index (κ2) is 8.82. The van der Waals surface area contributed by atoms with Crippen LogP contribution in [-0.4, -0.2) is 14.9 Å². The molecule has 0 spiro atoms. The number of aromatic nitrogens is 2. The van der Waals surface area contributed by atoms with Crippen molar-refractivity contribution in [3.05, 3.63) is 71.0 Å². The van der Waals surface area contributed by atoms with Crippen molar-refractivity contribution >= 4 is 44.6 Å². The minimum atomic E-state index is 0.321. The summed E-state index contributed by atoms with van der Waals surface area (Å²) < 4.78 is 8.40. The van der Waals surface area contributed by atoms with E-state index in [-0.39, 0.29) is 0 Å². The number of hydrogen-bond donors (Lipinski definition) is 2. The molecule has 0 bridgehead atoms. The molecule has 7 heteroatoms. The van der Waals surface area contributed by atoms with Crippen molar-refractivity contribution in [3.8, 4) is 5.75 Å². The molecule has 0 aliphatic carbocycles. The maximum atomic E-state index is 5.69. The van der Waals surface area contributed by atoms with Gasteiger partial charge in [-0.25, -0.2) is 4.68 Å². The van der Waals surface area contributed by atoms with Gasteiger partial charge < -0.3 is 15.4 Å². The Morgan fingerprint density at radius 3 is 2.46 bits per heavy atom. The smallest absolute Gasteiger partial charge is 0.180 e. The lowest BCUT2D eigenvalue weighted by molar-refractivity contribution is 0.221. The summed E-state index contributed by atoms with van der Waals surface area (Å²) in [4.78, 5) is 0. The van der Waals surface area contributed by atoms with E-state index >= 15 is 0 Å². The van der Waals surface area contributed by atoms with Gasteiger partial charge in [0.15, 0.2) is 11.8 Å². The van der Waals surface area contributed by atoms with Crippen molar-refractivity contribution in [1.29, 1.82) is 0 Å². The van der Waals surface area contributed by atoms with Crippen LogP contribution < -0.4 is 15.4 Å². The van der Waals surface area contributed by atoms with Gasteiger partial charge in [-0.15, -0.1) is 0 Å². The topological polar surface area (TPSA) is 51.1 Å². The fraction of sp³-hybridized carbons (Fsp3) is 0.158. The molecule has 3 aromatic rings. The predicted octanol–water partition coefficient (Wildman–Crippen LogP) is 5.05. The third-order valence-corrected chi connectivity index (χ3v) is 4.42. The molecule has 1 aromatic heterocycles. The second-order valence-electron chi connectivity index (χ2n) is 5.63. The Morgan fingerprint density at radius 1 is 1.08 bits per heavy atom. The zero-order valence-corrected chi connectivity index (χ0v) is 16.7. The van der Waals surface area contributed by atoms with E-state index in [4.69, 9.17) is 17.0 Å². The Balaban J connectivity index is 1.50. The quantitative estimate of drug-likeness (QED) is 0.535. The molecule has 1 heterocycles. The first kappa shape index (κ1) is 18.4. The van der Waals surface area contributed by atoms with Crippen LogP contribution in [0.4, 0.5) is 11.4 Å². The number of aryl methyl sites for hydroxylation is 1. The maximum absolute atomic E-state index is 5.69. The molecule has 26 heavy (non-hydrogen) atoms. The molecule has 0 aliphatic heterocycles. The monoisotopic (exact) mass is 430 g/mol. The fourth-order valence-electron chi connectivity index (χ4n) is 2.29. The SMILES string of the molecule is CCc1ccc(NC(=S)Nc2cnn(COc3ccc(Br)cc3)c2)cc1. The lowest BCUT2D eigenvalue weighted by Gasteiger charge is -2.09. The van der Waals surface area contributed by atoms with Crippen molar-refractivity contribution in [2.24, 2.45) is 0 Å². The fourth-order valence-corrected chi connectivity index (χ4v) is 2.79. The van der Waals surface area contributed by atoms with Gasteiger partial charge in [-0.3, -0.25) is 0 Å². The van der Waals surface area contributed by atoms with E-state index in [0.717, 1.165) is 28.0 Å². The van der Waals surface area contributed by atoms with Gasteiger partial charge in [0.05, 0.1) is 18.1 Å². The van der Waals surface area contributed by atoms with Crippen LogP contribution in [0, 0.1) is 0 Å². The average Bonchev–Trinajstić information content (AvgIpc) is 3.09. The minimum Gasteiger partial charge on any atom is -0.471 e. The summed E-state index contributed by atoms with van der Waals surface area (Å²) >= 11 is 8.75. The highest BCUT2D eigenvalue weighted by Gasteiger charge is 2.03. The summed E-state index contributed by atoms with van der Waals surface area (Å²) in [6.45, 7) is 2.45. The van der Waals surface area contributed by atoms with Crippen LogP contribution in [0.1, 0.15) is 12.5 Å². The summed E-state index contributed by atoms with van der Waals surface area (Å²) in [5.41, 5.74) is 3.04. The van der Waals surface area contributed by atoms with Crippen LogP contribution in [0.25, 0.3) is 0 Å².